The molecule has 0 radical (unpaired) electrons. The molecule has 3 rings (SSSR count). The molecule has 26 heavy (non-hydrogen) atoms. The van der Waals surface area contributed by atoms with Crippen LogP contribution in [0.3, 0.4) is 0 Å². The summed E-state index contributed by atoms with van der Waals surface area (Å²) in [6, 6.07) is 9.94. The Labute approximate surface area is 152 Å². The van der Waals surface area contributed by atoms with Crippen LogP contribution in [0.15, 0.2) is 48.8 Å². The molecule has 6 heteroatoms. The molecule has 1 aliphatic heterocycles. The van der Waals surface area contributed by atoms with Crippen molar-refractivity contribution >= 4 is 11.8 Å². The highest BCUT2D eigenvalue weighted by molar-refractivity contribution is 5.94. The first-order chi connectivity index (χ1) is 12.6. The normalized spacial score (nSPS) is 15.0. The molecule has 1 fully saturated rings. The summed E-state index contributed by atoms with van der Waals surface area (Å²) in [5.41, 5.74) is 0.421. The van der Waals surface area contributed by atoms with E-state index in [4.69, 9.17) is 0 Å². The molecule has 2 amide bonds. The van der Waals surface area contributed by atoms with E-state index in [1.54, 1.807) is 0 Å². The van der Waals surface area contributed by atoms with E-state index in [9.17, 15) is 14.0 Å². The third-order valence-corrected chi connectivity index (χ3v) is 4.83. The van der Waals surface area contributed by atoms with Crippen molar-refractivity contribution in [2.45, 2.75) is 31.7 Å². The molecule has 0 spiro atoms. The predicted octanol–water partition coefficient (Wildman–Crippen LogP) is 3.00. The van der Waals surface area contributed by atoms with Gasteiger partial charge in [-0.3, -0.25) is 9.59 Å². The highest BCUT2D eigenvalue weighted by Gasteiger charge is 2.22. The number of halogens is 1. The first-order valence-corrected chi connectivity index (χ1v) is 9.07. The summed E-state index contributed by atoms with van der Waals surface area (Å²) in [4.78, 5) is 26.1. The van der Waals surface area contributed by atoms with Gasteiger partial charge in [0.05, 0.1) is 0 Å². The van der Waals surface area contributed by atoms with Gasteiger partial charge < -0.3 is 14.8 Å². The summed E-state index contributed by atoms with van der Waals surface area (Å²) in [6.07, 6.45) is 7.13. The molecule has 5 nitrogen and oxygen atoms in total. The van der Waals surface area contributed by atoms with Crippen molar-refractivity contribution in [3.63, 3.8) is 0 Å². The highest BCUT2D eigenvalue weighted by Crippen LogP contribution is 2.22. The Bertz CT molecular complexity index is 720. The number of aromatic nitrogens is 1. The lowest BCUT2D eigenvalue weighted by molar-refractivity contribution is -0.132. The first-order valence-electron chi connectivity index (χ1n) is 9.07. The largest absolute Gasteiger partial charge is 0.352 e. The number of carbonyl (C=O) groups is 2. The van der Waals surface area contributed by atoms with Crippen molar-refractivity contribution in [1.29, 1.82) is 0 Å². The molecule has 0 bridgehead atoms. The lowest BCUT2D eigenvalue weighted by Crippen LogP contribution is -2.39. The summed E-state index contributed by atoms with van der Waals surface area (Å²) < 4.78 is 15.1. The lowest BCUT2D eigenvalue weighted by atomic mass is 10.0. The Morgan fingerprint density at radius 2 is 1.73 bits per heavy atom. The van der Waals surface area contributed by atoms with Gasteiger partial charge in [0.15, 0.2) is 0 Å². The molecule has 1 N–H and O–H groups in total. The number of amides is 2. The molecule has 138 valence electrons. The Morgan fingerprint density at radius 1 is 1.08 bits per heavy atom. The minimum atomic E-state index is -0.368. The highest BCUT2D eigenvalue weighted by atomic mass is 19.1. The maximum atomic E-state index is 12.9. The standard InChI is InChI=1S/C20H24FN3O2/c21-17-7-5-16(6-8-17)20(26)22-11-3-4-19(25)24-14-9-18(10-15-24)23-12-1-2-13-23/h1-2,5-8,12-13,18H,3-4,9-11,14-15H2,(H,22,26). The number of rotatable bonds is 6. The van der Waals surface area contributed by atoms with Crippen LogP contribution in [-0.2, 0) is 4.79 Å². The van der Waals surface area contributed by atoms with Gasteiger partial charge in [-0.05, 0) is 55.7 Å². The van der Waals surface area contributed by atoms with Crippen LogP contribution in [0.4, 0.5) is 4.39 Å². The molecule has 1 aliphatic rings. The van der Waals surface area contributed by atoms with Crippen LogP contribution >= 0.6 is 0 Å². The van der Waals surface area contributed by atoms with Crippen LogP contribution < -0.4 is 5.32 Å². The number of likely N-dealkylation sites (tertiary alicyclic amines) is 1. The van der Waals surface area contributed by atoms with Gasteiger partial charge in [0.25, 0.3) is 5.91 Å². The molecular formula is C20H24FN3O2. The van der Waals surface area contributed by atoms with E-state index in [0.717, 1.165) is 25.9 Å². The second kappa shape index (κ2) is 8.65. The zero-order valence-corrected chi connectivity index (χ0v) is 14.7. The van der Waals surface area contributed by atoms with Crippen molar-refractivity contribution in [1.82, 2.24) is 14.8 Å². The maximum Gasteiger partial charge on any atom is 0.251 e. The smallest absolute Gasteiger partial charge is 0.251 e. The van der Waals surface area contributed by atoms with Crippen molar-refractivity contribution in [3.05, 3.63) is 60.2 Å². The quantitative estimate of drug-likeness (QED) is 0.808. The van der Waals surface area contributed by atoms with Crippen LogP contribution in [0.1, 0.15) is 42.1 Å². The summed E-state index contributed by atoms with van der Waals surface area (Å²) in [6.45, 7) is 2.00. The number of piperidine rings is 1. The van der Waals surface area contributed by atoms with Gasteiger partial charge in [-0.15, -0.1) is 0 Å². The zero-order chi connectivity index (χ0) is 18.4. The summed E-state index contributed by atoms with van der Waals surface area (Å²) >= 11 is 0. The Hall–Kier alpha value is -2.63. The van der Waals surface area contributed by atoms with E-state index in [1.807, 2.05) is 17.0 Å². The van der Waals surface area contributed by atoms with Crippen LogP contribution in [0.2, 0.25) is 0 Å². The van der Waals surface area contributed by atoms with Gasteiger partial charge in [-0.25, -0.2) is 4.39 Å². The third kappa shape index (κ3) is 4.71. The van der Waals surface area contributed by atoms with Crippen molar-refractivity contribution in [2.75, 3.05) is 19.6 Å². The second-order valence-corrected chi connectivity index (χ2v) is 6.61. The van der Waals surface area contributed by atoms with Crippen molar-refractivity contribution in [3.8, 4) is 0 Å². The van der Waals surface area contributed by atoms with Gasteiger partial charge in [0.2, 0.25) is 5.91 Å². The fourth-order valence-corrected chi connectivity index (χ4v) is 3.31. The SMILES string of the molecule is O=C(NCCCC(=O)N1CCC(n2cccc2)CC1)c1ccc(F)cc1. The number of carbonyl (C=O) groups excluding carboxylic acids is 2. The minimum Gasteiger partial charge on any atom is -0.352 e. The van der Waals surface area contributed by atoms with E-state index in [0.29, 0.717) is 31.0 Å². The van der Waals surface area contributed by atoms with Gasteiger partial charge >= 0.3 is 0 Å². The molecule has 0 atom stereocenters. The topological polar surface area (TPSA) is 54.3 Å². The average Bonchev–Trinajstić information content (AvgIpc) is 3.20. The molecule has 1 aromatic heterocycles. The maximum absolute atomic E-state index is 12.9. The van der Waals surface area contributed by atoms with E-state index >= 15 is 0 Å². The number of nitrogens with one attached hydrogen (secondary N) is 1. The number of hydrogen-bond donors (Lipinski definition) is 1. The summed E-state index contributed by atoms with van der Waals surface area (Å²) in [5, 5.41) is 2.77. The van der Waals surface area contributed by atoms with Gasteiger partial charge in [0.1, 0.15) is 5.82 Å². The molecule has 1 aromatic carbocycles. The van der Waals surface area contributed by atoms with Crippen molar-refractivity contribution in [2.24, 2.45) is 0 Å². The molecule has 2 aromatic rings. The summed E-state index contributed by atoms with van der Waals surface area (Å²) in [5.74, 6) is -0.468. The van der Waals surface area contributed by atoms with Crippen LogP contribution in [-0.4, -0.2) is 40.9 Å². The third-order valence-electron chi connectivity index (χ3n) is 4.83. The Morgan fingerprint density at radius 3 is 2.38 bits per heavy atom. The molecule has 0 aliphatic carbocycles. The Balaban J connectivity index is 1.34. The van der Waals surface area contributed by atoms with Crippen molar-refractivity contribution < 1.29 is 14.0 Å². The second-order valence-electron chi connectivity index (χ2n) is 6.61. The Kier molecular flexibility index (Phi) is 6.04. The van der Waals surface area contributed by atoms with Crippen LogP contribution in [0.5, 0.6) is 0 Å². The summed E-state index contributed by atoms with van der Waals surface area (Å²) in [7, 11) is 0. The lowest BCUT2D eigenvalue weighted by Gasteiger charge is -2.33. The van der Waals surface area contributed by atoms with Gasteiger partial charge in [-0.2, -0.15) is 0 Å². The fraction of sp³-hybridized carbons (Fsp3) is 0.400. The van der Waals surface area contributed by atoms with Gasteiger partial charge in [0, 0.05) is 50.1 Å². The molecule has 0 unspecified atom stereocenters. The number of benzene rings is 1. The fourth-order valence-electron chi connectivity index (χ4n) is 3.31. The average molecular weight is 357 g/mol. The molecule has 2 heterocycles. The number of nitrogens with zero attached hydrogens (tertiary/aromatic N) is 2. The van der Waals surface area contributed by atoms with Gasteiger partial charge in [-0.1, -0.05) is 0 Å². The van der Waals surface area contributed by atoms with E-state index in [2.05, 4.69) is 22.3 Å². The first kappa shape index (κ1) is 18.2. The van der Waals surface area contributed by atoms with E-state index in [1.165, 1.54) is 24.3 Å². The van der Waals surface area contributed by atoms with E-state index < -0.39 is 0 Å². The monoisotopic (exact) mass is 357 g/mol. The number of hydrogen-bond acceptors (Lipinski definition) is 2. The van der Waals surface area contributed by atoms with E-state index in [-0.39, 0.29) is 17.6 Å². The van der Waals surface area contributed by atoms with Crippen LogP contribution in [0.25, 0.3) is 0 Å². The molecule has 1 saturated heterocycles. The molecular weight excluding hydrogens is 333 g/mol. The van der Waals surface area contributed by atoms with Crippen LogP contribution in [0, 0.1) is 5.82 Å². The zero-order valence-electron chi connectivity index (χ0n) is 14.7. The predicted molar refractivity (Wildman–Crippen MR) is 97.3 cm³/mol. The molecule has 0 saturated carbocycles. The minimum absolute atomic E-state index is 0.145.